The van der Waals surface area contributed by atoms with Gasteiger partial charge in [0.05, 0.1) is 10.6 Å². The molecule has 1 aromatic heterocycles. The van der Waals surface area contributed by atoms with E-state index in [9.17, 15) is 23.1 Å². The maximum absolute atomic E-state index is 12.9. The Balaban J connectivity index is 2.36. The molecule has 0 aliphatic heterocycles. The van der Waals surface area contributed by atoms with Crippen molar-refractivity contribution in [2.75, 3.05) is 0 Å². The molecule has 0 spiro atoms. The van der Waals surface area contributed by atoms with Gasteiger partial charge in [-0.3, -0.25) is 18.9 Å². The summed E-state index contributed by atoms with van der Waals surface area (Å²) in [6, 6.07) is 5.49. The van der Waals surface area contributed by atoms with Gasteiger partial charge in [-0.05, 0) is 37.1 Å². The van der Waals surface area contributed by atoms with Gasteiger partial charge in [0, 0.05) is 19.3 Å². The summed E-state index contributed by atoms with van der Waals surface area (Å²) in [5.74, 6) is -0.406. The van der Waals surface area contributed by atoms with Gasteiger partial charge in [-0.15, -0.1) is 0 Å². The van der Waals surface area contributed by atoms with E-state index < -0.39 is 27.2 Å². The summed E-state index contributed by atoms with van der Waals surface area (Å²) in [6.07, 6.45) is 8.84. The molecule has 0 fully saturated rings. The molecule has 2 rings (SSSR count). The largest absolute Gasteiger partial charge is 0.494 e. The Morgan fingerprint density at radius 1 is 0.909 bits per heavy atom. The molecule has 0 bridgehead atoms. The number of benzene rings is 1. The SMILES string of the molecule is CCCCCCCCn1c(O)c(C=Nc2ccc(S(N)(=O)=O)cc2)c(=O)n(CCCC)c1=O. The molecule has 0 aliphatic carbocycles. The van der Waals surface area contributed by atoms with Crippen LogP contribution in [0.1, 0.15) is 70.8 Å². The molecule has 0 aliphatic rings. The van der Waals surface area contributed by atoms with Crippen molar-refractivity contribution < 1.29 is 13.5 Å². The van der Waals surface area contributed by atoms with E-state index in [0.717, 1.165) is 43.1 Å². The van der Waals surface area contributed by atoms with Crippen LogP contribution in [0.25, 0.3) is 0 Å². The van der Waals surface area contributed by atoms with E-state index in [1.807, 2.05) is 6.92 Å². The fourth-order valence-electron chi connectivity index (χ4n) is 3.45. The number of aromatic hydroxyl groups is 1. The average Bonchev–Trinajstić information content (AvgIpc) is 2.77. The van der Waals surface area contributed by atoms with Crippen molar-refractivity contribution >= 4 is 21.9 Å². The summed E-state index contributed by atoms with van der Waals surface area (Å²) < 4.78 is 25.2. The smallest absolute Gasteiger partial charge is 0.333 e. The van der Waals surface area contributed by atoms with E-state index in [1.165, 1.54) is 41.5 Å². The number of nitrogens with two attached hydrogens (primary N) is 1. The second kappa shape index (κ2) is 12.5. The molecule has 2 aromatic rings. The van der Waals surface area contributed by atoms with Crippen LogP contribution in [-0.2, 0) is 23.1 Å². The Bertz CT molecular complexity index is 1170. The van der Waals surface area contributed by atoms with E-state index in [2.05, 4.69) is 11.9 Å². The van der Waals surface area contributed by atoms with Crippen LogP contribution in [-0.4, -0.2) is 28.9 Å². The molecule has 10 heteroatoms. The number of hydrogen-bond acceptors (Lipinski definition) is 6. The standard InChI is InChI=1S/C23H34N4O5S/c1-3-5-7-8-9-10-16-27-22(29)20(21(28)26(23(27)30)15-6-4-2)17-25-18-11-13-19(14-12-18)33(24,31)32/h11-14,17,29H,3-10,15-16H2,1-2H3,(H2,24,31,32). The van der Waals surface area contributed by atoms with Crippen molar-refractivity contribution in [1.82, 2.24) is 9.13 Å². The fraction of sp³-hybridized carbons (Fsp3) is 0.522. The summed E-state index contributed by atoms with van der Waals surface area (Å²) in [5.41, 5.74) is -0.827. The quantitative estimate of drug-likeness (QED) is 0.336. The summed E-state index contributed by atoms with van der Waals surface area (Å²) >= 11 is 0. The minimum atomic E-state index is -3.82. The Morgan fingerprint density at radius 2 is 1.48 bits per heavy atom. The van der Waals surface area contributed by atoms with Gasteiger partial charge < -0.3 is 5.11 Å². The minimum absolute atomic E-state index is 0.0568. The third kappa shape index (κ3) is 7.40. The zero-order valence-corrected chi connectivity index (χ0v) is 20.2. The number of primary sulfonamides is 1. The zero-order valence-electron chi connectivity index (χ0n) is 19.4. The van der Waals surface area contributed by atoms with Gasteiger partial charge in [0.25, 0.3) is 5.56 Å². The predicted octanol–water partition coefficient (Wildman–Crippen LogP) is 3.27. The van der Waals surface area contributed by atoms with Crippen LogP contribution in [0.15, 0.2) is 43.7 Å². The van der Waals surface area contributed by atoms with Gasteiger partial charge in [-0.1, -0.05) is 52.4 Å². The van der Waals surface area contributed by atoms with Crippen LogP contribution >= 0.6 is 0 Å². The topological polar surface area (TPSA) is 137 Å². The van der Waals surface area contributed by atoms with Gasteiger partial charge in [0.15, 0.2) is 0 Å². The number of hydrogen-bond donors (Lipinski definition) is 2. The molecular weight excluding hydrogens is 444 g/mol. The molecule has 0 amide bonds. The lowest BCUT2D eigenvalue weighted by Crippen LogP contribution is -2.41. The van der Waals surface area contributed by atoms with Crippen LogP contribution in [0.5, 0.6) is 5.88 Å². The van der Waals surface area contributed by atoms with E-state index in [1.54, 1.807) is 0 Å². The monoisotopic (exact) mass is 478 g/mol. The van der Waals surface area contributed by atoms with Gasteiger partial charge in [0.2, 0.25) is 15.9 Å². The number of rotatable bonds is 13. The molecule has 182 valence electrons. The third-order valence-electron chi connectivity index (χ3n) is 5.41. The lowest BCUT2D eigenvalue weighted by molar-refractivity contribution is 0.378. The van der Waals surface area contributed by atoms with E-state index >= 15 is 0 Å². The first kappa shape index (κ1) is 26.5. The molecule has 0 radical (unpaired) electrons. The van der Waals surface area contributed by atoms with Crippen molar-refractivity contribution in [2.45, 2.75) is 83.2 Å². The number of aromatic nitrogens is 2. The number of unbranched alkanes of at least 4 members (excludes halogenated alkanes) is 6. The van der Waals surface area contributed by atoms with E-state index in [0.29, 0.717) is 18.7 Å². The first-order valence-electron chi connectivity index (χ1n) is 11.4. The molecular formula is C23H34N4O5S. The third-order valence-corrected chi connectivity index (χ3v) is 6.34. The summed E-state index contributed by atoms with van der Waals surface area (Å²) in [5, 5.41) is 15.8. The van der Waals surface area contributed by atoms with Gasteiger partial charge in [-0.2, -0.15) is 0 Å². The first-order chi connectivity index (χ1) is 15.7. The Labute approximate surface area is 194 Å². The predicted molar refractivity (Wildman–Crippen MR) is 130 cm³/mol. The van der Waals surface area contributed by atoms with Gasteiger partial charge in [-0.25, -0.2) is 18.4 Å². The van der Waals surface area contributed by atoms with Crippen LogP contribution < -0.4 is 16.4 Å². The second-order valence-electron chi connectivity index (χ2n) is 8.05. The highest BCUT2D eigenvalue weighted by atomic mass is 32.2. The van der Waals surface area contributed by atoms with Crippen LogP contribution in [0.3, 0.4) is 0 Å². The maximum Gasteiger partial charge on any atom is 0.333 e. The van der Waals surface area contributed by atoms with Crippen LogP contribution in [0.4, 0.5) is 5.69 Å². The van der Waals surface area contributed by atoms with Gasteiger partial charge in [0.1, 0.15) is 5.56 Å². The van der Waals surface area contributed by atoms with Gasteiger partial charge >= 0.3 is 5.69 Å². The number of sulfonamides is 1. The summed E-state index contributed by atoms with van der Waals surface area (Å²) in [7, 11) is -3.82. The highest BCUT2D eigenvalue weighted by Gasteiger charge is 2.17. The lowest BCUT2D eigenvalue weighted by Gasteiger charge is -2.14. The highest BCUT2D eigenvalue weighted by Crippen LogP contribution is 2.17. The molecule has 0 atom stereocenters. The van der Waals surface area contributed by atoms with Crippen LogP contribution in [0.2, 0.25) is 0 Å². The Morgan fingerprint density at radius 3 is 2.09 bits per heavy atom. The summed E-state index contributed by atoms with van der Waals surface area (Å²) in [6.45, 7) is 4.68. The Hall–Kier alpha value is -2.72. The minimum Gasteiger partial charge on any atom is -0.494 e. The van der Waals surface area contributed by atoms with E-state index in [-0.39, 0.29) is 17.0 Å². The fourth-order valence-corrected chi connectivity index (χ4v) is 3.96. The van der Waals surface area contributed by atoms with Crippen molar-refractivity contribution in [3.63, 3.8) is 0 Å². The average molecular weight is 479 g/mol. The van der Waals surface area contributed by atoms with E-state index in [4.69, 9.17) is 5.14 Å². The Kier molecular flexibility index (Phi) is 10.1. The van der Waals surface area contributed by atoms with Crippen molar-refractivity contribution in [2.24, 2.45) is 10.1 Å². The number of aliphatic imine (C=N–C) groups is 1. The molecule has 9 nitrogen and oxygen atoms in total. The normalized spacial score (nSPS) is 12.0. The zero-order chi connectivity index (χ0) is 24.4. The van der Waals surface area contributed by atoms with Crippen molar-refractivity contribution in [3.8, 4) is 5.88 Å². The van der Waals surface area contributed by atoms with Crippen molar-refractivity contribution in [1.29, 1.82) is 0 Å². The second-order valence-corrected chi connectivity index (χ2v) is 9.61. The molecule has 0 saturated heterocycles. The molecule has 3 N–H and O–H groups in total. The molecule has 0 saturated carbocycles. The molecule has 0 unspecified atom stereocenters. The maximum atomic E-state index is 12.9. The van der Waals surface area contributed by atoms with Crippen LogP contribution in [0, 0.1) is 0 Å². The summed E-state index contributed by atoms with van der Waals surface area (Å²) in [4.78, 5) is 30.0. The molecule has 33 heavy (non-hydrogen) atoms. The first-order valence-corrected chi connectivity index (χ1v) is 13.0. The molecule has 1 aromatic carbocycles. The molecule has 1 heterocycles. The van der Waals surface area contributed by atoms with Crippen molar-refractivity contribution in [3.05, 3.63) is 50.7 Å². The number of nitrogens with zero attached hydrogens (tertiary/aromatic N) is 3. The lowest BCUT2D eigenvalue weighted by atomic mass is 10.1. The highest BCUT2D eigenvalue weighted by molar-refractivity contribution is 7.89.